The number of carbonyl (C=O) groups is 3. The molecule has 3 amide bonds. The molecule has 4 N–H and O–H groups in total. The van der Waals surface area contributed by atoms with Crippen LogP contribution in [0.4, 0.5) is 10.7 Å². The summed E-state index contributed by atoms with van der Waals surface area (Å²) < 4.78 is 15.5. The normalized spacial score (nSPS) is 10.2. The molecule has 0 fully saturated rings. The highest BCUT2D eigenvalue weighted by molar-refractivity contribution is 7.18. The molecule has 1 aromatic carbocycles. The number of primary amides is 1. The Labute approximate surface area is 169 Å². The minimum absolute atomic E-state index is 0.172. The fourth-order valence-electron chi connectivity index (χ4n) is 2.32. The first kappa shape index (κ1) is 20.0. The van der Waals surface area contributed by atoms with Crippen molar-refractivity contribution in [2.75, 3.05) is 24.4 Å². The number of carbonyl (C=O) groups excluding carboxylic acids is 3. The molecule has 150 valence electrons. The molecule has 0 radical (unpaired) electrons. The first-order chi connectivity index (χ1) is 14.0. The van der Waals surface area contributed by atoms with E-state index in [0.717, 1.165) is 11.3 Å². The Morgan fingerprint density at radius 3 is 2.59 bits per heavy atom. The molecule has 0 saturated carbocycles. The van der Waals surface area contributed by atoms with E-state index in [4.69, 9.17) is 19.6 Å². The molecule has 0 bridgehead atoms. The number of anilines is 2. The second-order valence-electron chi connectivity index (χ2n) is 5.67. The Morgan fingerprint density at radius 2 is 1.90 bits per heavy atom. The Bertz CT molecular complexity index is 1030. The van der Waals surface area contributed by atoms with Crippen molar-refractivity contribution >= 4 is 39.7 Å². The number of benzene rings is 1. The van der Waals surface area contributed by atoms with E-state index in [9.17, 15) is 14.4 Å². The molecule has 0 atom stereocenters. The minimum Gasteiger partial charge on any atom is -0.493 e. The van der Waals surface area contributed by atoms with Gasteiger partial charge in [-0.05, 0) is 36.4 Å². The van der Waals surface area contributed by atoms with Crippen LogP contribution in [0.5, 0.6) is 11.5 Å². The van der Waals surface area contributed by atoms with Gasteiger partial charge in [0.15, 0.2) is 23.9 Å². The minimum atomic E-state index is -0.635. The van der Waals surface area contributed by atoms with Gasteiger partial charge in [-0.25, -0.2) is 0 Å². The Balaban J connectivity index is 1.67. The number of hydrogen-bond acceptors (Lipinski definition) is 7. The first-order valence-electron chi connectivity index (χ1n) is 8.31. The number of amides is 3. The van der Waals surface area contributed by atoms with Crippen molar-refractivity contribution in [2.45, 2.75) is 0 Å². The summed E-state index contributed by atoms with van der Waals surface area (Å²) in [5.41, 5.74) is 5.52. The number of ether oxygens (including phenoxy) is 2. The molecule has 0 aliphatic heterocycles. The molecule has 10 heteroatoms. The maximum atomic E-state index is 12.5. The topological polar surface area (TPSA) is 133 Å². The van der Waals surface area contributed by atoms with Gasteiger partial charge in [0.1, 0.15) is 0 Å². The monoisotopic (exact) mass is 415 g/mol. The third kappa shape index (κ3) is 5.14. The number of rotatable bonds is 8. The molecule has 2 heterocycles. The summed E-state index contributed by atoms with van der Waals surface area (Å²) in [7, 11) is 1.45. The van der Waals surface area contributed by atoms with Gasteiger partial charge in [0.2, 0.25) is 0 Å². The van der Waals surface area contributed by atoms with Crippen LogP contribution in [-0.2, 0) is 4.79 Å². The smallest absolute Gasteiger partial charge is 0.291 e. The first-order valence-corrected chi connectivity index (χ1v) is 9.13. The van der Waals surface area contributed by atoms with Crippen molar-refractivity contribution in [3.05, 3.63) is 59.4 Å². The Hall–Kier alpha value is -3.79. The van der Waals surface area contributed by atoms with Crippen LogP contribution in [0.25, 0.3) is 0 Å². The average Bonchev–Trinajstić information content (AvgIpc) is 3.38. The van der Waals surface area contributed by atoms with E-state index in [0.29, 0.717) is 21.3 Å². The van der Waals surface area contributed by atoms with Gasteiger partial charge >= 0.3 is 0 Å². The predicted molar refractivity (Wildman–Crippen MR) is 107 cm³/mol. The van der Waals surface area contributed by atoms with Gasteiger partial charge in [-0.15, -0.1) is 11.3 Å². The van der Waals surface area contributed by atoms with Crippen LogP contribution >= 0.6 is 11.3 Å². The lowest BCUT2D eigenvalue weighted by molar-refractivity contribution is -0.119. The molecule has 0 spiro atoms. The zero-order chi connectivity index (χ0) is 20.8. The fraction of sp³-hybridized carbons (Fsp3) is 0.105. The van der Waals surface area contributed by atoms with E-state index < -0.39 is 11.8 Å². The summed E-state index contributed by atoms with van der Waals surface area (Å²) in [5.74, 6) is -0.588. The molecule has 2 aromatic heterocycles. The largest absolute Gasteiger partial charge is 0.493 e. The maximum Gasteiger partial charge on any atom is 0.291 e. The van der Waals surface area contributed by atoms with Crippen LogP contribution in [0.15, 0.2) is 53.1 Å². The lowest BCUT2D eigenvalue weighted by Gasteiger charge is -2.11. The molecular weight excluding hydrogens is 398 g/mol. The van der Waals surface area contributed by atoms with E-state index in [1.165, 1.54) is 25.5 Å². The quantitative estimate of drug-likeness (QED) is 0.518. The summed E-state index contributed by atoms with van der Waals surface area (Å²) in [6.45, 7) is -0.322. The van der Waals surface area contributed by atoms with Gasteiger partial charge in [0, 0.05) is 11.8 Å². The second kappa shape index (κ2) is 8.93. The highest BCUT2D eigenvalue weighted by Crippen LogP contribution is 2.31. The van der Waals surface area contributed by atoms with E-state index in [1.54, 1.807) is 30.3 Å². The van der Waals surface area contributed by atoms with Gasteiger partial charge in [-0.1, -0.05) is 0 Å². The van der Waals surface area contributed by atoms with Crippen molar-refractivity contribution in [3.63, 3.8) is 0 Å². The zero-order valence-corrected chi connectivity index (χ0v) is 16.1. The summed E-state index contributed by atoms with van der Waals surface area (Å²) in [4.78, 5) is 35.8. The molecule has 0 saturated heterocycles. The summed E-state index contributed by atoms with van der Waals surface area (Å²) >= 11 is 1.11. The van der Waals surface area contributed by atoms with Crippen molar-refractivity contribution in [3.8, 4) is 11.5 Å². The second-order valence-corrected chi connectivity index (χ2v) is 6.75. The molecule has 0 aliphatic carbocycles. The SMILES string of the molecule is COc1ccc(NC(=O)c2ccc(NC(=O)c3ccco3)s2)cc1OCC(N)=O. The van der Waals surface area contributed by atoms with Gasteiger partial charge in [0.05, 0.1) is 23.3 Å². The Kier molecular flexibility index (Phi) is 6.15. The van der Waals surface area contributed by atoms with Crippen LogP contribution in [0, 0.1) is 0 Å². The maximum absolute atomic E-state index is 12.5. The van der Waals surface area contributed by atoms with Crippen LogP contribution in [0.3, 0.4) is 0 Å². The van der Waals surface area contributed by atoms with Crippen molar-refractivity contribution in [2.24, 2.45) is 5.73 Å². The zero-order valence-electron chi connectivity index (χ0n) is 15.3. The van der Waals surface area contributed by atoms with Gasteiger partial charge in [-0.3, -0.25) is 14.4 Å². The molecule has 0 aliphatic rings. The van der Waals surface area contributed by atoms with Crippen LogP contribution in [0.2, 0.25) is 0 Å². The third-order valence-corrected chi connectivity index (χ3v) is 4.60. The summed E-state index contributed by atoms with van der Waals surface area (Å²) in [6.07, 6.45) is 1.40. The predicted octanol–water partition coefficient (Wildman–Crippen LogP) is 2.72. The van der Waals surface area contributed by atoms with Gasteiger partial charge in [-0.2, -0.15) is 0 Å². The average molecular weight is 415 g/mol. The molecule has 9 nitrogen and oxygen atoms in total. The van der Waals surface area contributed by atoms with Gasteiger partial charge < -0.3 is 30.3 Å². The number of thiophene rings is 1. The number of furan rings is 1. The number of hydrogen-bond donors (Lipinski definition) is 3. The lowest BCUT2D eigenvalue weighted by atomic mass is 10.2. The van der Waals surface area contributed by atoms with E-state index >= 15 is 0 Å². The standard InChI is InChI=1S/C19H17N3O6S/c1-26-12-5-4-11(9-14(12)28-10-16(20)23)21-19(25)15-6-7-17(29-15)22-18(24)13-3-2-8-27-13/h2-9H,10H2,1H3,(H2,20,23)(H,21,25)(H,22,24). The number of nitrogens with one attached hydrogen (secondary N) is 2. The van der Waals surface area contributed by atoms with Crippen LogP contribution in [-0.4, -0.2) is 31.4 Å². The molecule has 3 aromatic rings. The molecule has 29 heavy (non-hydrogen) atoms. The lowest BCUT2D eigenvalue weighted by Crippen LogP contribution is -2.20. The van der Waals surface area contributed by atoms with Crippen LogP contribution in [0.1, 0.15) is 20.2 Å². The fourth-order valence-corrected chi connectivity index (χ4v) is 3.11. The van der Waals surface area contributed by atoms with Crippen molar-refractivity contribution in [1.82, 2.24) is 0 Å². The Morgan fingerprint density at radius 1 is 1.07 bits per heavy atom. The highest BCUT2D eigenvalue weighted by atomic mass is 32.1. The molecule has 3 rings (SSSR count). The summed E-state index contributed by atoms with van der Waals surface area (Å²) in [6, 6.07) is 11.1. The summed E-state index contributed by atoms with van der Waals surface area (Å²) in [5, 5.41) is 5.88. The molecular formula is C19H17N3O6S. The van der Waals surface area contributed by atoms with E-state index in [-0.39, 0.29) is 24.0 Å². The molecule has 0 unspecified atom stereocenters. The van der Waals surface area contributed by atoms with Gasteiger partial charge in [0.25, 0.3) is 17.7 Å². The third-order valence-electron chi connectivity index (χ3n) is 3.60. The van der Waals surface area contributed by atoms with Crippen molar-refractivity contribution < 1.29 is 28.3 Å². The van der Waals surface area contributed by atoms with Crippen LogP contribution < -0.4 is 25.8 Å². The number of methoxy groups -OCH3 is 1. The van der Waals surface area contributed by atoms with E-state index in [2.05, 4.69) is 10.6 Å². The van der Waals surface area contributed by atoms with E-state index in [1.807, 2.05) is 0 Å². The highest BCUT2D eigenvalue weighted by Gasteiger charge is 2.15. The van der Waals surface area contributed by atoms with Crippen molar-refractivity contribution in [1.29, 1.82) is 0 Å². The number of nitrogens with two attached hydrogens (primary N) is 1.